The smallest absolute Gasteiger partial charge is 0.219 e. The first-order valence-corrected chi connectivity index (χ1v) is 17.7. The molecule has 1 N–H and O–H groups in total. The van der Waals surface area contributed by atoms with Crippen LogP contribution >= 0.6 is 0 Å². The van der Waals surface area contributed by atoms with Gasteiger partial charge in [0.2, 0.25) is 5.91 Å². The van der Waals surface area contributed by atoms with Crippen LogP contribution in [0.15, 0.2) is 0 Å². The first-order chi connectivity index (χ1) is 19.8. The monoisotopic (exact) mass is 584 g/mol. The molecule has 1 unspecified atom stereocenters. The zero-order valence-corrected chi connectivity index (χ0v) is 28.1. The highest BCUT2D eigenvalue weighted by Crippen LogP contribution is 2.28. The van der Waals surface area contributed by atoms with Crippen molar-refractivity contribution in [1.82, 2.24) is 5.32 Å². The average Bonchev–Trinajstić information content (AvgIpc) is 3.22. The first-order valence-electron chi connectivity index (χ1n) is 17.7. The topological polar surface area (TPSA) is 66.0 Å². The summed E-state index contributed by atoms with van der Waals surface area (Å²) in [6.45, 7) is 14.6. The standard InChI is InChI=1S/C35H69NO5/c1-7-8-9-10-11-12-13-14-15-16-17-18-19-22-25-33(37)36-26-23-20-21-24-27-38-34-31(6)41-32(28-39-29(2)3)35(34)40-30(4)5/h29-32,34-35H,7-28H2,1-6H3,(H,36,37)/t31-,32?,34-,35+/m0/s1. The highest BCUT2D eigenvalue weighted by molar-refractivity contribution is 5.75. The average molecular weight is 584 g/mol. The summed E-state index contributed by atoms with van der Waals surface area (Å²) in [7, 11) is 0. The van der Waals surface area contributed by atoms with Gasteiger partial charge in [-0.2, -0.15) is 0 Å². The third kappa shape index (κ3) is 20.8. The summed E-state index contributed by atoms with van der Waals surface area (Å²) in [6, 6.07) is 0. The van der Waals surface area contributed by atoms with Gasteiger partial charge in [0.05, 0.1) is 24.9 Å². The van der Waals surface area contributed by atoms with Gasteiger partial charge < -0.3 is 24.3 Å². The molecule has 6 nitrogen and oxygen atoms in total. The molecule has 6 heteroatoms. The number of ether oxygens (including phenoxy) is 4. The molecule has 41 heavy (non-hydrogen) atoms. The van der Waals surface area contributed by atoms with Crippen LogP contribution in [0.2, 0.25) is 0 Å². The van der Waals surface area contributed by atoms with Crippen molar-refractivity contribution in [1.29, 1.82) is 0 Å². The van der Waals surface area contributed by atoms with Crippen LogP contribution in [0.4, 0.5) is 0 Å². The van der Waals surface area contributed by atoms with Crippen LogP contribution in [-0.2, 0) is 23.7 Å². The molecule has 0 saturated carbocycles. The number of carbonyl (C=O) groups is 1. The van der Waals surface area contributed by atoms with Gasteiger partial charge in [0.15, 0.2) is 0 Å². The summed E-state index contributed by atoms with van der Waals surface area (Å²) in [6.07, 6.45) is 23.8. The van der Waals surface area contributed by atoms with Crippen LogP contribution in [0.3, 0.4) is 0 Å². The van der Waals surface area contributed by atoms with E-state index in [0.29, 0.717) is 19.6 Å². The molecule has 1 amide bonds. The molecule has 0 aliphatic carbocycles. The summed E-state index contributed by atoms with van der Waals surface area (Å²) in [5.74, 6) is 0.217. The van der Waals surface area contributed by atoms with Gasteiger partial charge >= 0.3 is 0 Å². The van der Waals surface area contributed by atoms with Gasteiger partial charge in [0, 0.05) is 19.6 Å². The number of hydrogen-bond donors (Lipinski definition) is 1. The fourth-order valence-corrected chi connectivity index (χ4v) is 5.64. The predicted octanol–water partition coefficient (Wildman–Crippen LogP) is 8.93. The van der Waals surface area contributed by atoms with Gasteiger partial charge in [-0.25, -0.2) is 0 Å². The summed E-state index contributed by atoms with van der Waals surface area (Å²) in [4.78, 5) is 12.1. The van der Waals surface area contributed by atoms with Gasteiger partial charge in [-0.15, -0.1) is 0 Å². The van der Waals surface area contributed by atoms with E-state index in [0.717, 1.165) is 38.6 Å². The second kappa shape index (κ2) is 25.8. The van der Waals surface area contributed by atoms with E-state index in [1.807, 2.05) is 13.8 Å². The summed E-state index contributed by atoms with van der Waals surface area (Å²) < 4.78 is 24.4. The maximum atomic E-state index is 12.1. The van der Waals surface area contributed by atoms with E-state index < -0.39 is 0 Å². The Labute approximate surface area is 254 Å². The van der Waals surface area contributed by atoms with Gasteiger partial charge in [-0.1, -0.05) is 103 Å². The van der Waals surface area contributed by atoms with E-state index >= 15 is 0 Å². The highest BCUT2D eigenvalue weighted by atomic mass is 16.6. The predicted molar refractivity (Wildman–Crippen MR) is 172 cm³/mol. The molecular weight excluding hydrogens is 514 g/mol. The van der Waals surface area contributed by atoms with Crippen molar-refractivity contribution in [3.8, 4) is 0 Å². The molecule has 0 aromatic carbocycles. The van der Waals surface area contributed by atoms with E-state index in [2.05, 4.69) is 33.0 Å². The molecular formula is C35H69NO5. The fourth-order valence-electron chi connectivity index (χ4n) is 5.64. The Hall–Kier alpha value is -0.690. The Balaban J connectivity index is 1.95. The molecule has 1 saturated heterocycles. The number of unbranched alkanes of at least 4 members (excludes halogenated alkanes) is 16. The quantitative estimate of drug-likeness (QED) is 0.0932. The van der Waals surface area contributed by atoms with E-state index in [1.165, 1.54) is 83.5 Å². The Morgan fingerprint density at radius 2 is 1.24 bits per heavy atom. The van der Waals surface area contributed by atoms with Gasteiger partial charge in [-0.05, 0) is 53.9 Å². The van der Waals surface area contributed by atoms with Crippen molar-refractivity contribution in [2.75, 3.05) is 19.8 Å². The lowest BCUT2D eigenvalue weighted by molar-refractivity contribution is -0.121. The highest BCUT2D eigenvalue weighted by Gasteiger charge is 2.44. The lowest BCUT2D eigenvalue weighted by atomic mass is 10.0. The van der Waals surface area contributed by atoms with Crippen LogP contribution in [0, 0.1) is 0 Å². The lowest BCUT2D eigenvalue weighted by Crippen LogP contribution is -2.40. The number of hydrogen-bond acceptors (Lipinski definition) is 5. The van der Waals surface area contributed by atoms with E-state index in [4.69, 9.17) is 18.9 Å². The van der Waals surface area contributed by atoms with Crippen LogP contribution in [0.1, 0.15) is 164 Å². The fraction of sp³-hybridized carbons (Fsp3) is 0.971. The molecule has 0 radical (unpaired) electrons. The number of nitrogens with one attached hydrogen (secondary N) is 1. The number of rotatable bonds is 28. The van der Waals surface area contributed by atoms with Crippen molar-refractivity contribution >= 4 is 5.91 Å². The van der Waals surface area contributed by atoms with Crippen LogP contribution in [0.5, 0.6) is 0 Å². The third-order valence-corrected chi connectivity index (χ3v) is 8.03. The maximum Gasteiger partial charge on any atom is 0.219 e. The minimum absolute atomic E-state index is 0.00515. The molecule has 0 aromatic heterocycles. The van der Waals surface area contributed by atoms with E-state index in [9.17, 15) is 4.79 Å². The van der Waals surface area contributed by atoms with Crippen molar-refractivity contribution < 1.29 is 23.7 Å². The Morgan fingerprint density at radius 1 is 0.707 bits per heavy atom. The van der Waals surface area contributed by atoms with Crippen LogP contribution < -0.4 is 5.32 Å². The van der Waals surface area contributed by atoms with E-state index in [-0.39, 0.29) is 42.5 Å². The summed E-state index contributed by atoms with van der Waals surface area (Å²) in [5, 5.41) is 3.10. The minimum atomic E-state index is -0.0984. The first kappa shape index (κ1) is 38.3. The lowest BCUT2D eigenvalue weighted by Gasteiger charge is -2.26. The van der Waals surface area contributed by atoms with Crippen molar-refractivity contribution in [3.05, 3.63) is 0 Å². The zero-order valence-electron chi connectivity index (χ0n) is 28.1. The van der Waals surface area contributed by atoms with Crippen LogP contribution in [-0.4, -0.2) is 62.3 Å². The van der Waals surface area contributed by atoms with Gasteiger partial charge in [0.25, 0.3) is 0 Å². The molecule has 1 aliphatic heterocycles. The van der Waals surface area contributed by atoms with Crippen molar-refractivity contribution in [3.63, 3.8) is 0 Å². The molecule has 1 heterocycles. The van der Waals surface area contributed by atoms with Crippen molar-refractivity contribution in [2.24, 2.45) is 0 Å². The second-order valence-corrected chi connectivity index (χ2v) is 12.9. The molecule has 0 bridgehead atoms. The SMILES string of the molecule is CCCCCCCCCCCCCCCCC(=O)NCCCCCCO[C@H]1[C@H](C)OC(COC(C)C)[C@H]1OC(C)C. The van der Waals surface area contributed by atoms with Gasteiger partial charge in [0.1, 0.15) is 18.3 Å². The van der Waals surface area contributed by atoms with Crippen molar-refractivity contribution in [2.45, 2.75) is 200 Å². The Bertz CT molecular complexity index is 599. The summed E-state index contributed by atoms with van der Waals surface area (Å²) >= 11 is 0. The largest absolute Gasteiger partial charge is 0.376 e. The van der Waals surface area contributed by atoms with Crippen LogP contribution in [0.25, 0.3) is 0 Å². The third-order valence-electron chi connectivity index (χ3n) is 8.03. The molecule has 1 fully saturated rings. The Morgan fingerprint density at radius 3 is 1.80 bits per heavy atom. The van der Waals surface area contributed by atoms with Gasteiger partial charge in [-0.3, -0.25) is 4.79 Å². The molecule has 1 aliphatic rings. The second-order valence-electron chi connectivity index (χ2n) is 12.9. The number of carbonyl (C=O) groups excluding carboxylic acids is 1. The number of amides is 1. The molecule has 4 atom stereocenters. The molecule has 0 aromatic rings. The zero-order chi connectivity index (χ0) is 30.1. The molecule has 244 valence electrons. The molecule has 0 spiro atoms. The molecule has 1 rings (SSSR count). The van der Waals surface area contributed by atoms with E-state index in [1.54, 1.807) is 0 Å². The normalized spacial score (nSPS) is 20.9. The minimum Gasteiger partial charge on any atom is -0.376 e. The Kier molecular flexibility index (Phi) is 24.1. The summed E-state index contributed by atoms with van der Waals surface area (Å²) in [5.41, 5.74) is 0. The maximum absolute atomic E-state index is 12.1.